The van der Waals surface area contributed by atoms with E-state index in [1.54, 1.807) is 7.11 Å². The maximum absolute atomic E-state index is 6.60. The molecule has 3 nitrogen and oxygen atoms in total. The van der Waals surface area contributed by atoms with Crippen LogP contribution in [-0.4, -0.2) is 31.1 Å². The van der Waals surface area contributed by atoms with Crippen LogP contribution in [0.2, 0.25) is 0 Å². The molecule has 0 aromatic heterocycles. The fraction of sp³-hybridized carbons (Fsp3) is 0.647. The number of piperidine rings is 1. The van der Waals surface area contributed by atoms with Gasteiger partial charge < -0.3 is 15.4 Å². The van der Waals surface area contributed by atoms with E-state index >= 15 is 0 Å². The smallest absolute Gasteiger partial charge is 0.119 e. The van der Waals surface area contributed by atoms with Crippen molar-refractivity contribution in [3.05, 3.63) is 29.3 Å². The quantitative estimate of drug-likeness (QED) is 0.921. The summed E-state index contributed by atoms with van der Waals surface area (Å²) in [6.45, 7) is 2.14. The average molecular weight is 274 g/mol. The van der Waals surface area contributed by atoms with Crippen molar-refractivity contribution in [2.45, 2.75) is 50.7 Å². The predicted molar refractivity (Wildman–Crippen MR) is 82.0 cm³/mol. The van der Waals surface area contributed by atoms with Gasteiger partial charge in [-0.15, -0.1) is 0 Å². The van der Waals surface area contributed by atoms with Gasteiger partial charge in [0.1, 0.15) is 5.75 Å². The third kappa shape index (κ3) is 2.33. The van der Waals surface area contributed by atoms with Crippen LogP contribution in [0.15, 0.2) is 18.2 Å². The van der Waals surface area contributed by atoms with Crippen LogP contribution in [0.3, 0.4) is 0 Å². The lowest BCUT2D eigenvalue weighted by atomic mass is 9.81. The van der Waals surface area contributed by atoms with Gasteiger partial charge in [0.2, 0.25) is 0 Å². The zero-order chi connectivity index (χ0) is 14.3. The molecular formula is C17H26N2O. The molecule has 2 N–H and O–H groups in total. The molecule has 0 radical (unpaired) electrons. The standard InChI is InChI=1S/C17H26N2O/c1-11-8-15(20-3)6-7-16(11)17(18)12-9-13-4-5-14(10-12)19(13)2/h6-8,12-14,17H,4-5,9-10,18H2,1-3H3. The molecule has 2 aliphatic heterocycles. The number of nitrogens with two attached hydrogens (primary N) is 1. The SMILES string of the molecule is COc1ccc(C(N)C2CC3CCC(C2)N3C)c(C)c1. The monoisotopic (exact) mass is 274 g/mol. The summed E-state index contributed by atoms with van der Waals surface area (Å²) in [5.74, 6) is 1.54. The summed E-state index contributed by atoms with van der Waals surface area (Å²) < 4.78 is 5.29. The van der Waals surface area contributed by atoms with Gasteiger partial charge in [0.05, 0.1) is 7.11 Å². The molecule has 110 valence electrons. The van der Waals surface area contributed by atoms with Crippen molar-refractivity contribution >= 4 is 0 Å². The van der Waals surface area contributed by atoms with Crippen molar-refractivity contribution in [2.24, 2.45) is 11.7 Å². The number of rotatable bonds is 3. The van der Waals surface area contributed by atoms with E-state index in [2.05, 4.69) is 31.0 Å². The molecule has 1 aromatic carbocycles. The zero-order valence-corrected chi connectivity index (χ0v) is 12.8. The van der Waals surface area contributed by atoms with Gasteiger partial charge in [-0.1, -0.05) is 6.07 Å². The lowest BCUT2D eigenvalue weighted by Crippen LogP contribution is -2.42. The highest BCUT2D eigenvalue weighted by molar-refractivity contribution is 5.37. The summed E-state index contributed by atoms with van der Waals surface area (Å²) in [7, 11) is 3.99. The molecule has 2 bridgehead atoms. The van der Waals surface area contributed by atoms with E-state index in [4.69, 9.17) is 10.5 Å². The normalized spacial score (nSPS) is 31.3. The van der Waals surface area contributed by atoms with Gasteiger partial charge >= 0.3 is 0 Å². The van der Waals surface area contributed by atoms with E-state index in [0.717, 1.165) is 17.8 Å². The molecule has 3 atom stereocenters. The second kappa shape index (κ2) is 5.38. The Labute approximate surface area is 122 Å². The van der Waals surface area contributed by atoms with E-state index in [1.807, 2.05) is 6.07 Å². The van der Waals surface area contributed by atoms with Crippen molar-refractivity contribution in [3.8, 4) is 5.75 Å². The van der Waals surface area contributed by atoms with Crippen LogP contribution < -0.4 is 10.5 Å². The first-order valence-corrected chi connectivity index (χ1v) is 7.72. The maximum Gasteiger partial charge on any atom is 0.119 e. The molecular weight excluding hydrogens is 248 g/mol. The zero-order valence-electron chi connectivity index (χ0n) is 12.8. The molecule has 20 heavy (non-hydrogen) atoms. The van der Waals surface area contributed by atoms with Crippen molar-refractivity contribution < 1.29 is 4.74 Å². The first-order valence-electron chi connectivity index (χ1n) is 7.72. The topological polar surface area (TPSA) is 38.5 Å². The van der Waals surface area contributed by atoms with Gasteiger partial charge in [-0.2, -0.15) is 0 Å². The third-order valence-corrected chi connectivity index (χ3v) is 5.48. The Morgan fingerprint density at radius 3 is 2.45 bits per heavy atom. The van der Waals surface area contributed by atoms with Crippen LogP contribution in [0.1, 0.15) is 42.9 Å². The summed E-state index contributed by atoms with van der Waals surface area (Å²) in [5.41, 5.74) is 9.14. The van der Waals surface area contributed by atoms with Gasteiger partial charge in [-0.05, 0) is 68.8 Å². The molecule has 3 unspecified atom stereocenters. The Morgan fingerprint density at radius 2 is 1.90 bits per heavy atom. The predicted octanol–water partition coefficient (Wildman–Crippen LogP) is 2.88. The minimum Gasteiger partial charge on any atom is -0.497 e. The molecule has 2 heterocycles. The molecule has 0 saturated carbocycles. The second-order valence-electron chi connectivity index (χ2n) is 6.53. The minimum atomic E-state index is 0.165. The summed E-state index contributed by atoms with van der Waals surface area (Å²) >= 11 is 0. The van der Waals surface area contributed by atoms with Crippen LogP contribution >= 0.6 is 0 Å². The van der Waals surface area contributed by atoms with Gasteiger partial charge in [0, 0.05) is 18.1 Å². The van der Waals surface area contributed by atoms with E-state index in [1.165, 1.54) is 36.8 Å². The van der Waals surface area contributed by atoms with Crippen LogP contribution in [-0.2, 0) is 0 Å². The highest BCUT2D eigenvalue weighted by Gasteiger charge is 2.40. The molecule has 2 saturated heterocycles. The number of ether oxygens (including phenoxy) is 1. The third-order valence-electron chi connectivity index (χ3n) is 5.48. The molecule has 2 fully saturated rings. The highest BCUT2D eigenvalue weighted by Crippen LogP contribution is 2.42. The average Bonchev–Trinajstić information content (AvgIpc) is 2.67. The van der Waals surface area contributed by atoms with Gasteiger partial charge in [-0.25, -0.2) is 0 Å². The summed E-state index contributed by atoms with van der Waals surface area (Å²) in [5, 5.41) is 0. The van der Waals surface area contributed by atoms with Gasteiger partial charge in [-0.3, -0.25) is 0 Å². The molecule has 3 heteroatoms. The second-order valence-corrected chi connectivity index (χ2v) is 6.53. The Kier molecular flexibility index (Phi) is 3.74. The number of fused-ring (bicyclic) bond motifs is 2. The van der Waals surface area contributed by atoms with Crippen molar-refractivity contribution in [2.75, 3.05) is 14.2 Å². The first-order chi connectivity index (χ1) is 9.60. The molecule has 1 aromatic rings. The molecule has 0 aliphatic carbocycles. The first kappa shape index (κ1) is 13.9. The van der Waals surface area contributed by atoms with Crippen LogP contribution in [0, 0.1) is 12.8 Å². The van der Waals surface area contributed by atoms with Gasteiger partial charge in [0.25, 0.3) is 0 Å². The number of nitrogens with zero attached hydrogens (tertiary/aromatic N) is 1. The molecule has 0 spiro atoms. The number of hydrogen-bond donors (Lipinski definition) is 1. The minimum absolute atomic E-state index is 0.165. The number of hydrogen-bond acceptors (Lipinski definition) is 3. The highest BCUT2D eigenvalue weighted by atomic mass is 16.5. The maximum atomic E-state index is 6.60. The Morgan fingerprint density at radius 1 is 1.25 bits per heavy atom. The largest absolute Gasteiger partial charge is 0.497 e. The van der Waals surface area contributed by atoms with E-state index in [9.17, 15) is 0 Å². The lowest BCUT2D eigenvalue weighted by Gasteiger charge is -2.39. The summed E-state index contributed by atoms with van der Waals surface area (Å²) in [6, 6.07) is 7.95. The van der Waals surface area contributed by atoms with Crippen LogP contribution in [0.4, 0.5) is 0 Å². The Balaban J connectivity index is 1.78. The van der Waals surface area contributed by atoms with E-state index in [-0.39, 0.29) is 6.04 Å². The van der Waals surface area contributed by atoms with Crippen molar-refractivity contribution in [3.63, 3.8) is 0 Å². The number of methoxy groups -OCH3 is 1. The molecule has 0 amide bonds. The van der Waals surface area contributed by atoms with Crippen molar-refractivity contribution in [1.82, 2.24) is 4.90 Å². The Hall–Kier alpha value is -1.06. The summed E-state index contributed by atoms with van der Waals surface area (Å²) in [6.07, 6.45) is 5.21. The number of benzene rings is 1. The van der Waals surface area contributed by atoms with E-state index in [0.29, 0.717) is 5.92 Å². The lowest BCUT2D eigenvalue weighted by molar-refractivity contribution is 0.120. The fourth-order valence-electron chi connectivity index (χ4n) is 4.15. The molecule has 3 rings (SSSR count). The summed E-state index contributed by atoms with van der Waals surface area (Å²) in [4.78, 5) is 2.57. The van der Waals surface area contributed by atoms with Gasteiger partial charge in [0.15, 0.2) is 0 Å². The van der Waals surface area contributed by atoms with Crippen LogP contribution in [0.25, 0.3) is 0 Å². The van der Waals surface area contributed by atoms with E-state index < -0.39 is 0 Å². The fourth-order valence-corrected chi connectivity index (χ4v) is 4.15. The van der Waals surface area contributed by atoms with Crippen LogP contribution in [0.5, 0.6) is 5.75 Å². The molecule has 2 aliphatic rings. The van der Waals surface area contributed by atoms with Crippen molar-refractivity contribution in [1.29, 1.82) is 0 Å². The number of aryl methyl sites for hydroxylation is 1. The Bertz CT molecular complexity index is 474.